The van der Waals surface area contributed by atoms with Gasteiger partial charge in [0, 0.05) is 6.42 Å². The number of ketones is 1. The molecule has 1 aromatic carbocycles. The molecule has 2 N–H and O–H groups in total. The molecule has 5 heteroatoms. The van der Waals surface area contributed by atoms with E-state index in [0.717, 1.165) is 18.5 Å². The molecule has 0 atom stereocenters. The van der Waals surface area contributed by atoms with Crippen molar-refractivity contribution in [2.75, 3.05) is 6.54 Å². The van der Waals surface area contributed by atoms with Gasteiger partial charge >= 0.3 is 0 Å². The zero-order valence-corrected chi connectivity index (χ0v) is 12.6. The number of nitrogens with zero attached hydrogens (tertiary/aromatic N) is 3. The quantitative estimate of drug-likeness (QED) is 0.794. The summed E-state index contributed by atoms with van der Waals surface area (Å²) in [6, 6.07) is 9.57. The van der Waals surface area contributed by atoms with Crippen molar-refractivity contribution < 1.29 is 4.79 Å². The molecule has 2 aromatic rings. The zero-order chi connectivity index (χ0) is 15.3. The number of nitrogens with two attached hydrogens (primary N) is 1. The molecular weight excluding hydrogens is 264 g/mol. The number of hydrogen-bond donors (Lipinski definition) is 1. The van der Waals surface area contributed by atoms with Gasteiger partial charge in [-0.1, -0.05) is 37.3 Å². The van der Waals surface area contributed by atoms with Gasteiger partial charge in [-0.25, -0.2) is 4.68 Å². The molecule has 0 unspecified atom stereocenters. The standard InChI is InChI=1S/C16H22N4O/c1-16(2,10-11-17)9-8-15(21)14-12-18-19-20(14)13-6-4-3-5-7-13/h3-7,12H,8-11,17H2,1-2H3. The van der Waals surface area contributed by atoms with Gasteiger partial charge in [-0.15, -0.1) is 5.10 Å². The van der Waals surface area contributed by atoms with Gasteiger partial charge in [0.25, 0.3) is 0 Å². The molecule has 0 aliphatic heterocycles. The molecule has 0 aliphatic rings. The summed E-state index contributed by atoms with van der Waals surface area (Å²) in [5.74, 6) is 0.0638. The van der Waals surface area contributed by atoms with E-state index in [1.54, 1.807) is 4.68 Å². The summed E-state index contributed by atoms with van der Waals surface area (Å²) < 4.78 is 1.60. The molecule has 5 nitrogen and oxygen atoms in total. The second-order valence-corrected chi connectivity index (χ2v) is 5.99. The number of benzene rings is 1. The van der Waals surface area contributed by atoms with Crippen LogP contribution in [0.25, 0.3) is 5.69 Å². The fourth-order valence-electron chi connectivity index (χ4n) is 2.28. The maximum atomic E-state index is 12.4. The van der Waals surface area contributed by atoms with Crippen LogP contribution in [0.2, 0.25) is 0 Å². The van der Waals surface area contributed by atoms with Crippen molar-refractivity contribution in [1.29, 1.82) is 0 Å². The highest BCUT2D eigenvalue weighted by molar-refractivity contribution is 5.94. The molecule has 0 fully saturated rings. The Balaban J connectivity index is 2.10. The fraction of sp³-hybridized carbons (Fsp3) is 0.438. The SMILES string of the molecule is CC(C)(CCN)CCC(=O)c1cnnn1-c1ccccc1. The Morgan fingerprint density at radius 2 is 1.95 bits per heavy atom. The average Bonchev–Trinajstić information content (AvgIpc) is 2.95. The van der Waals surface area contributed by atoms with Gasteiger partial charge in [0.2, 0.25) is 0 Å². The van der Waals surface area contributed by atoms with E-state index in [2.05, 4.69) is 24.2 Å². The Morgan fingerprint density at radius 1 is 1.24 bits per heavy atom. The van der Waals surface area contributed by atoms with Gasteiger partial charge in [-0.2, -0.15) is 0 Å². The predicted octanol–water partition coefficient (Wildman–Crippen LogP) is 2.61. The smallest absolute Gasteiger partial charge is 0.182 e. The number of carbonyl (C=O) groups excluding carboxylic acids is 1. The first-order valence-corrected chi connectivity index (χ1v) is 7.23. The Bertz CT molecular complexity index is 589. The maximum Gasteiger partial charge on any atom is 0.182 e. The van der Waals surface area contributed by atoms with Crippen LogP contribution in [0.1, 0.15) is 43.6 Å². The summed E-state index contributed by atoms with van der Waals surface area (Å²) in [5, 5.41) is 7.89. The summed E-state index contributed by atoms with van der Waals surface area (Å²) in [4.78, 5) is 12.4. The maximum absolute atomic E-state index is 12.4. The molecule has 2 rings (SSSR count). The van der Waals surface area contributed by atoms with Crippen LogP contribution in [0, 0.1) is 5.41 Å². The highest BCUT2D eigenvalue weighted by Crippen LogP contribution is 2.26. The van der Waals surface area contributed by atoms with Crippen LogP contribution in [0.5, 0.6) is 0 Å². The second kappa shape index (κ2) is 6.63. The van der Waals surface area contributed by atoms with E-state index in [-0.39, 0.29) is 11.2 Å². The molecule has 0 spiro atoms. The van der Waals surface area contributed by atoms with Gasteiger partial charge in [-0.3, -0.25) is 4.79 Å². The summed E-state index contributed by atoms with van der Waals surface area (Å²) in [7, 11) is 0. The fourth-order valence-corrected chi connectivity index (χ4v) is 2.28. The molecule has 1 aromatic heterocycles. The third kappa shape index (κ3) is 3.98. The number of carbonyl (C=O) groups is 1. The minimum absolute atomic E-state index is 0.0638. The molecule has 0 amide bonds. The third-order valence-electron chi connectivity index (χ3n) is 3.69. The highest BCUT2D eigenvalue weighted by atomic mass is 16.1. The van der Waals surface area contributed by atoms with E-state index < -0.39 is 0 Å². The van der Waals surface area contributed by atoms with Crippen LogP contribution in [-0.4, -0.2) is 27.3 Å². The summed E-state index contributed by atoms with van der Waals surface area (Å²) in [5.41, 5.74) is 7.06. The van der Waals surface area contributed by atoms with Gasteiger partial charge in [-0.05, 0) is 36.9 Å². The van der Waals surface area contributed by atoms with Crippen molar-refractivity contribution >= 4 is 5.78 Å². The van der Waals surface area contributed by atoms with Crippen molar-refractivity contribution in [3.8, 4) is 5.69 Å². The van der Waals surface area contributed by atoms with E-state index in [0.29, 0.717) is 18.7 Å². The number of Topliss-reactive ketones (excluding diaryl/α,β-unsaturated/α-hetero) is 1. The van der Waals surface area contributed by atoms with Gasteiger partial charge in [0.05, 0.1) is 11.9 Å². The number of hydrogen-bond acceptors (Lipinski definition) is 4. The Labute approximate surface area is 125 Å². The van der Waals surface area contributed by atoms with Crippen molar-refractivity contribution in [2.45, 2.75) is 33.1 Å². The molecule has 21 heavy (non-hydrogen) atoms. The van der Waals surface area contributed by atoms with E-state index >= 15 is 0 Å². The molecule has 0 aliphatic carbocycles. The van der Waals surface area contributed by atoms with E-state index in [4.69, 9.17) is 5.73 Å². The Kier molecular flexibility index (Phi) is 4.85. The van der Waals surface area contributed by atoms with Crippen LogP contribution in [0.4, 0.5) is 0 Å². The van der Waals surface area contributed by atoms with Crippen molar-refractivity contribution in [1.82, 2.24) is 15.0 Å². The van der Waals surface area contributed by atoms with E-state index in [1.807, 2.05) is 30.3 Å². The van der Waals surface area contributed by atoms with E-state index in [1.165, 1.54) is 6.20 Å². The summed E-state index contributed by atoms with van der Waals surface area (Å²) in [6.07, 6.45) is 3.73. The minimum atomic E-state index is 0.0638. The lowest BCUT2D eigenvalue weighted by Gasteiger charge is -2.23. The minimum Gasteiger partial charge on any atom is -0.330 e. The third-order valence-corrected chi connectivity index (χ3v) is 3.69. The van der Waals surface area contributed by atoms with Crippen LogP contribution >= 0.6 is 0 Å². The Hall–Kier alpha value is -2.01. The first-order chi connectivity index (χ1) is 10.0. The largest absolute Gasteiger partial charge is 0.330 e. The number of para-hydroxylation sites is 1. The first-order valence-electron chi connectivity index (χ1n) is 7.23. The van der Waals surface area contributed by atoms with Gasteiger partial charge < -0.3 is 5.73 Å². The van der Waals surface area contributed by atoms with Crippen LogP contribution < -0.4 is 5.73 Å². The molecule has 0 bridgehead atoms. The molecule has 1 heterocycles. The lowest BCUT2D eigenvalue weighted by Crippen LogP contribution is -2.19. The molecule has 112 valence electrons. The zero-order valence-electron chi connectivity index (χ0n) is 12.6. The number of aromatic nitrogens is 3. The summed E-state index contributed by atoms with van der Waals surface area (Å²) >= 11 is 0. The first kappa shape index (κ1) is 15.4. The monoisotopic (exact) mass is 286 g/mol. The van der Waals surface area contributed by atoms with Crippen LogP contribution in [0.3, 0.4) is 0 Å². The molecule has 0 radical (unpaired) electrons. The van der Waals surface area contributed by atoms with Gasteiger partial charge in [0.15, 0.2) is 5.78 Å². The topological polar surface area (TPSA) is 73.8 Å². The van der Waals surface area contributed by atoms with Crippen molar-refractivity contribution in [2.24, 2.45) is 11.1 Å². The van der Waals surface area contributed by atoms with E-state index in [9.17, 15) is 4.79 Å². The lowest BCUT2D eigenvalue weighted by atomic mass is 9.83. The van der Waals surface area contributed by atoms with Crippen LogP contribution in [0.15, 0.2) is 36.5 Å². The average molecular weight is 286 g/mol. The number of rotatable bonds is 7. The molecule has 0 saturated heterocycles. The summed E-state index contributed by atoms with van der Waals surface area (Å²) in [6.45, 7) is 4.92. The Morgan fingerprint density at radius 3 is 2.62 bits per heavy atom. The highest BCUT2D eigenvalue weighted by Gasteiger charge is 2.21. The van der Waals surface area contributed by atoms with Crippen molar-refractivity contribution in [3.05, 3.63) is 42.2 Å². The normalized spacial score (nSPS) is 11.6. The second-order valence-electron chi connectivity index (χ2n) is 5.99. The predicted molar refractivity (Wildman–Crippen MR) is 82.4 cm³/mol. The lowest BCUT2D eigenvalue weighted by molar-refractivity contribution is 0.0954. The molecule has 0 saturated carbocycles. The van der Waals surface area contributed by atoms with Crippen molar-refractivity contribution in [3.63, 3.8) is 0 Å². The molecular formula is C16H22N4O. The van der Waals surface area contributed by atoms with Gasteiger partial charge in [0.1, 0.15) is 5.69 Å². The van der Waals surface area contributed by atoms with Crippen LogP contribution in [-0.2, 0) is 0 Å².